The van der Waals surface area contributed by atoms with Crippen LogP contribution in [0.25, 0.3) is 0 Å². The molecule has 0 aromatic carbocycles. The van der Waals surface area contributed by atoms with Crippen molar-refractivity contribution in [1.82, 2.24) is 0 Å². The van der Waals surface area contributed by atoms with Crippen molar-refractivity contribution in [2.24, 2.45) is 0 Å². The Kier molecular flexibility index (Phi) is 62.8. The highest BCUT2D eigenvalue weighted by Gasteiger charge is 2.19. The van der Waals surface area contributed by atoms with Crippen molar-refractivity contribution < 1.29 is 28.6 Å². The SMILES string of the molecule is CC/C=C\C/C=C\C/C=C\C/C=C\C/C=C\C/C=C\CCCCC(=O)OC(COC(=O)CCCCCCCCC/C=C\CCCCCCCC)COC(=O)CCCCCCCCCC/C=C\C/C=C\C/C=C\CCCCCCC. The summed E-state index contributed by atoms with van der Waals surface area (Å²) in [5.74, 6) is -0.951. The van der Waals surface area contributed by atoms with Crippen molar-refractivity contribution in [1.29, 1.82) is 0 Å². The van der Waals surface area contributed by atoms with Gasteiger partial charge in [-0.15, -0.1) is 0 Å². The Labute approximate surface area is 488 Å². The number of ether oxygens (including phenoxy) is 3. The zero-order chi connectivity index (χ0) is 57.1. The molecular formula is C73H122O6. The number of rotatable bonds is 59. The van der Waals surface area contributed by atoms with Gasteiger partial charge < -0.3 is 14.2 Å². The minimum Gasteiger partial charge on any atom is -0.462 e. The van der Waals surface area contributed by atoms with Crippen LogP contribution in [-0.2, 0) is 28.6 Å². The van der Waals surface area contributed by atoms with E-state index < -0.39 is 6.10 Å². The van der Waals surface area contributed by atoms with E-state index in [0.29, 0.717) is 19.3 Å². The molecule has 0 bridgehead atoms. The molecule has 0 heterocycles. The Morgan fingerprint density at radius 1 is 0.266 bits per heavy atom. The topological polar surface area (TPSA) is 78.9 Å². The van der Waals surface area contributed by atoms with E-state index in [4.69, 9.17) is 14.2 Å². The minimum absolute atomic E-state index is 0.102. The third-order valence-corrected chi connectivity index (χ3v) is 13.9. The molecule has 1 atom stereocenters. The van der Waals surface area contributed by atoms with Crippen LogP contribution in [0.15, 0.2) is 122 Å². The summed E-state index contributed by atoms with van der Waals surface area (Å²) in [6.45, 7) is 6.49. The Bertz CT molecular complexity index is 1640. The van der Waals surface area contributed by atoms with Crippen LogP contribution in [0.3, 0.4) is 0 Å². The highest BCUT2D eigenvalue weighted by atomic mass is 16.6. The summed E-state index contributed by atoms with van der Waals surface area (Å²) in [4.78, 5) is 38.4. The molecule has 0 saturated heterocycles. The number of unbranched alkanes of at least 4 members (excludes halogenated alkanes) is 28. The van der Waals surface area contributed by atoms with Gasteiger partial charge in [0.2, 0.25) is 0 Å². The fraction of sp³-hybridized carbons (Fsp3) is 0.685. The molecule has 0 amide bonds. The molecular weight excluding hydrogens is 973 g/mol. The van der Waals surface area contributed by atoms with Gasteiger partial charge >= 0.3 is 17.9 Å². The van der Waals surface area contributed by atoms with E-state index in [2.05, 4.69) is 142 Å². The highest BCUT2D eigenvalue weighted by Crippen LogP contribution is 2.15. The van der Waals surface area contributed by atoms with Crippen molar-refractivity contribution in [3.63, 3.8) is 0 Å². The zero-order valence-corrected chi connectivity index (χ0v) is 51.6. The number of carbonyl (C=O) groups excluding carboxylic acids is 3. The second-order valence-corrected chi connectivity index (χ2v) is 21.6. The maximum absolute atomic E-state index is 12.9. The van der Waals surface area contributed by atoms with Gasteiger partial charge in [-0.1, -0.05) is 271 Å². The van der Waals surface area contributed by atoms with Gasteiger partial charge in [-0.25, -0.2) is 0 Å². The quantitative estimate of drug-likeness (QED) is 0.0261. The van der Waals surface area contributed by atoms with Crippen LogP contribution in [-0.4, -0.2) is 37.2 Å². The van der Waals surface area contributed by atoms with Gasteiger partial charge in [0, 0.05) is 19.3 Å². The molecule has 450 valence electrons. The molecule has 79 heavy (non-hydrogen) atoms. The number of hydrogen-bond donors (Lipinski definition) is 0. The summed E-state index contributed by atoms with van der Waals surface area (Å²) in [6, 6.07) is 0. The fourth-order valence-corrected chi connectivity index (χ4v) is 8.98. The van der Waals surface area contributed by atoms with Crippen LogP contribution in [0.5, 0.6) is 0 Å². The molecule has 0 fully saturated rings. The predicted molar refractivity (Wildman–Crippen MR) is 343 cm³/mol. The summed E-state index contributed by atoms with van der Waals surface area (Å²) in [5, 5.41) is 0. The van der Waals surface area contributed by atoms with E-state index in [-0.39, 0.29) is 37.5 Å². The van der Waals surface area contributed by atoms with Crippen LogP contribution in [0.2, 0.25) is 0 Å². The van der Waals surface area contributed by atoms with E-state index in [1.807, 2.05) is 0 Å². The van der Waals surface area contributed by atoms with Gasteiger partial charge in [-0.2, -0.15) is 0 Å². The van der Waals surface area contributed by atoms with Gasteiger partial charge in [0.1, 0.15) is 13.2 Å². The highest BCUT2D eigenvalue weighted by molar-refractivity contribution is 5.71. The Hall–Kier alpha value is -4.19. The second kappa shape index (κ2) is 66.3. The lowest BCUT2D eigenvalue weighted by Crippen LogP contribution is -2.30. The van der Waals surface area contributed by atoms with Crippen LogP contribution in [0, 0.1) is 0 Å². The maximum Gasteiger partial charge on any atom is 0.306 e. The van der Waals surface area contributed by atoms with Gasteiger partial charge in [-0.05, 0) is 135 Å². The van der Waals surface area contributed by atoms with Gasteiger partial charge in [0.25, 0.3) is 0 Å². The van der Waals surface area contributed by atoms with Crippen LogP contribution >= 0.6 is 0 Å². The minimum atomic E-state index is -0.812. The first-order valence-corrected chi connectivity index (χ1v) is 33.0. The average Bonchev–Trinajstić information content (AvgIpc) is 3.45. The molecule has 0 saturated carbocycles. The molecule has 1 unspecified atom stereocenters. The van der Waals surface area contributed by atoms with Gasteiger partial charge in [-0.3, -0.25) is 14.4 Å². The molecule has 6 nitrogen and oxygen atoms in total. The van der Waals surface area contributed by atoms with E-state index in [1.165, 1.54) is 148 Å². The predicted octanol–water partition coefficient (Wildman–Crippen LogP) is 22.8. The molecule has 0 aliphatic rings. The molecule has 0 aliphatic carbocycles. The number of allylic oxidation sites excluding steroid dienone is 20. The smallest absolute Gasteiger partial charge is 0.306 e. The number of carbonyl (C=O) groups is 3. The van der Waals surface area contributed by atoms with Crippen molar-refractivity contribution in [2.75, 3.05) is 13.2 Å². The molecule has 0 aromatic rings. The van der Waals surface area contributed by atoms with Crippen LogP contribution in [0.4, 0.5) is 0 Å². The maximum atomic E-state index is 12.9. The molecule has 6 heteroatoms. The van der Waals surface area contributed by atoms with E-state index in [1.54, 1.807) is 0 Å². The Balaban J connectivity index is 4.48. The fourth-order valence-electron chi connectivity index (χ4n) is 8.98. The largest absolute Gasteiger partial charge is 0.462 e. The van der Waals surface area contributed by atoms with Crippen LogP contribution in [0.1, 0.15) is 303 Å². The lowest BCUT2D eigenvalue weighted by atomic mass is 10.1. The van der Waals surface area contributed by atoms with Crippen LogP contribution < -0.4 is 0 Å². The van der Waals surface area contributed by atoms with Crippen molar-refractivity contribution in [3.05, 3.63) is 122 Å². The normalized spacial score (nSPS) is 12.9. The summed E-state index contributed by atoms with van der Waals surface area (Å²) < 4.78 is 16.9. The lowest BCUT2D eigenvalue weighted by molar-refractivity contribution is -0.167. The first-order valence-electron chi connectivity index (χ1n) is 33.0. The third-order valence-electron chi connectivity index (χ3n) is 13.9. The summed E-state index contributed by atoms with van der Waals surface area (Å²) in [7, 11) is 0. The van der Waals surface area contributed by atoms with Crippen molar-refractivity contribution >= 4 is 17.9 Å². The number of esters is 3. The van der Waals surface area contributed by atoms with Crippen molar-refractivity contribution in [3.8, 4) is 0 Å². The standard InChI is InChI=1S/C73H122O6/c1-4-7-10-13-16-19-22-25-28-31-33-35-36-38-39-42-45-48-51-54-57-60-63-66-72(75)78-69-70(68-77-71(74)65-62-59-56-53-50-47-44-41-30-27-24-21-18-15-12-9-6-3)79-73(76)67-64-61-58-55-52-49-46-43-40-37-34-32-29-26-23-20-17-14-11-8-5-2/h8,11,17,20,22,25-27,29-31,33-34,36-38,43,46,52,55,70H,4-7,9-10,12-16,18-19,21,23-24,28,32,35,39-42,44-45,47-51,53-54,56-69H2,1-3H3/b11-8-,20-17-,25-22-,29-26-,30-27-,33-31-,37-34-,38-36-,46-43-,55-52-. The Morgan fingerprint density at radius 2 is 0.494 bits per heavy atom. The Morgan fingerprint density at radius 3 is 0.810 bits per heavy atom. The van der Waals surface area contributed by atoms with Gasteiger partial charge in [0.05, 0.1) is 0 Å². The average molecular weight is 1100 g/mol. The van der Waals surface area contributed by atoms with E-state index in [9.17, 15) is 14.4 Å². The third kappa shape index (κ3) is 64.5. The molecule has 0 rings (SSSR count). The summed E-state index contributed by atoms with van der Waals surface area (Å²) in [6.07, 6.45) is 92.0. The molecule has 0 radical (unpaired) electrons. The summed E-state index contributed by atoms with van der Waals surface area (Å²) in [5.41, 5.74) is 0. The van der Waals surface area contributed by atoms with Gasteiger partial charge in [0.15, 0.2) is 6.10 Å². The zero-order valence-electron chi connectivity index (χ0n) is 51.6. The number of hydrogen-bond acceptors (Lipinski definition) is 6. The monoisotopic (exact) mass is 1090 g/mol. The molecule has 0 aliphatic heterocycles. The first-order chi connectivity index (χ1) is 39.0. The van der Waals surface area contributed by atoms with Crippen molar-refractivity contribution in [2.45, 2.75) is 309 Å². The molecule has 0 N–H and O–H groups in total. The first kappa shape index (κ1) is 74.8. The second-order valence-electron chi connectivity index (χ2n) is 21.6. The summed E-state index contributed by atoms with van der Waals surface area (Å²) >= 11 is 0. The van der Waals surface area contributed by atoms with E-state index in [0.717, 1.165) is 109 Å². The lowest BCUT2D eigenvalue weighted by Gasteiger charge is -2.18. The molecule has 0 aromatic heterocycles. The molecule has 0 spiro atoms. The van der Waals surface area contributed by atoms with E-state index >= 15 is 0 Å².